The molecule has 4 rings (SSSR count). The van der Waals surface area contributed by atoms with Crippen molar-refractivity contribution < 1.29 is 14.4 Å². The molecule has 158 valence electrons. The van der Waals surface area contributed by atoms with E-state index in [4.69, 9.17) is 32.8 Å². The minimum Gasteiger partial charge on any atom is -0.465 e. The van der Waals surface area contributed by atoms with Crippen molar-refractivity contribution in [2.75, 3.05) is 7.11 Å². The number of imidazole rings is 1. The molecule has 2 aromatic carbocycles. The van der Waals surface area contributed by atoms with Crippen LogP contribution in [0.25, 0.3) is 4.96 Å². The molecule has 0 aliphatic heterocycles. The molecule has 6 nitrogen and oxygen atoms in total. The summed E-state index contributed by atoms with van der Waals surface area (Å²) in [6.07, 6.45) is 3.50. The zero-order chi connectivity index (χ0) is 21.8. The normalized spacial score (nSPS) is 11.3. The molecule has 0 N–H and O–H groups in total. The minimum absolute atomic E-state index is 0.200. The molecular weight excluding hydrogens is 477 g/mol. The van der Waals surface area contributed by atoms with Crippen LogP contribution in [0.1, 0.15) is 21.6 Å². The summed E-state index contributed by atoms with van der Waals surface area (Å²) >= 11 is 15.0. The third-order valence-electron chi connectivity index (χ3n) is 4.25. The van der Waals surface area contributed by atoms with Gasteiger partial charge in [0.15, 0.2) is 4.96 Å². The Morgan fingerprint density at radius 1 is 1.29 bits per heavy atom. The molecule has 0 unspecified atom stereocenters. The maximum absolute atomic E-state index is 12.1. The molecule has 0 aliphatic rings. The Bertz CT molecular complexity index is 1270. The molecule has 0 saturated heterocycles. The van der Waals surface area contributed by atoms with Crippen LogP contribution < -0.4 is 0 Å². The van der Waals surface area contributed by atoms with Crippen molar-refractivity contribution in [3.63, 3.8) is 0 Å². The van der Waals surface area contributed by atoms with E-state index in [0.29, 0.717) is 20.6 Å². The zero-order valence-corrected chi connectivity index (χ0v) is 19.3. The average Bonchev–Trinajstić information content (AvgIpc) is 3.34. The molecular formula is C21H15Cl2N3O3S2. The van der Waals surface area contributed by atoms with Crippen molar-refractivity contribution in [2.45, 2.75) is 16.5 Å². The minimum atomic E-state index is -0.400. The van der Waals surface area contributed by atoms with E-state index >= 15 is 0 Å². The number of benzene rings is 2. The Kier molecular flexibility index (Phi) is 6.82. The number of oxime groups is 1. The maximum atomic E-state index is 12.1. The summed E-state index contributed by atoms with van der Waals surface area (Å²) in [5, 5.41) is 7.81. The number of halogens is 2. The number of hydrogen-bond donors (Lipinski definition) is 0. The topological polar surface area (TPSA) is 65.2 Å². The van der Waals surface area contributed by atoms with Crippen molar-refractivity contribution in [3.05, 3.63) is 80.9 Å². The lowest BCUT2D eigenvalue weighted by atomic mass is 10.2. The van der Waals surface area contributed by atoms with Crippen molar-refractivity contribution >= 4 is 63.4 Å². The first-order valence-electron chi connectivity index (χ1n) is 8.97. The first-order valence-corrected chi connectivity index (χ1v) is 11.4. The zero-order valence-electron chi connectivity index (χ0n) is 16.1. The SMILES string of the molecule is COC(=O)c1ccccc1Sc1nc2sccn2c1/C=N\OCc1ccc(Cl)cc1Cl. The fourth-order valence-corrected chi connectivity index (χ4v) is 4.99. The number of nitrogens with zero attached hydrogens (tertiary/aromatic N) is 3. The standard InChI is InChI=1S/C21H15Cl2N3O3S2/c1-28-20(27)15-4-2-3-5-18(15)31-19-17(26-8-9-30-21(26)25-19)11-24-29-12-13-6-7-14(22)10-16(13)23/h2-11H,12H2,1H3/b24-11-. The van der Waals surface area contributed by atoms with Crippen molar-refractivity contribution in [1.29, 1.82) is 0 Å². The largest absolute Gasteiger partial charge is 0.465 e. The van der Waals surface area contributed by atoms with Gasteiger partial charge in [-0.1, -0.05) is 58.3 Å². The molecule has 2 heterocycles. The van der Waals surface area contributed by atoms with Crippen LogP contribution in [0.2, 0.25) is 10.0 Å². The van der Waals surface area contributed by atoms with Crippen LogP contribution in [0.3, 0.4) is 0 Å². The smallest absolute Gasteiger partial charge is 0.339 e. The van der Waals surface area contributed by atoms with Crippen LogP contribution in [0.15, 0.2) is 69.1 Å². The Labute approximate surface area is 196 Å². The van der Waals surface area contributed by atoms with Gasteiger partial charge in [-0.25, -0.2) is 9.78 Å². The molecule has 0 saturated carbocycles. The van der Waals surface area contributed by atoms with E-state index in [1.54, 1.807) is 36.5 Å². The maximum Gasteiger partial charge on any atom is 0.339 e. The van der Waals surface area contributed by atoms with Crippen LogP contribution in [0.5, 0.6) is 0 Å². The van der Waals surface area contributed by atoms with Crippen LogP contribution in [-0.2, 0) is 16.2 Å². The second-order valence-electron chi connectivity index (χ2n) is 6.19. The number of hydrogen-bond acceptors (Lipinski definition) is 7. The summed E-state index contributed by atoms with van der Waals surface area (Å²) in [7, 11) is 1.36. The van der Waals surface area contributed by atoms with Crippen LogP contribution in [0.4, 0.5) is 0 Å². The van der Waals surface area contributed by atoms with Crippen LogP contribution in [-0.4, -0.2) is 28.7 Å². The highest BCUT2D eigenvalue weighted by atomic mass is 35.5. The lowest BCUT2D eigenvalue weighted by Gasteiger charge is -2.06. The lowest BCUT2D eigenvalue weighted by molar-refractivity contribution is 0.0597. The summed E-state index contributed by atoms with van der Waals surface area (Å²) in [6.45, 7) is 0.200. The third-order valence-corrected chi connectivity index (χ3v) is 6.66. The number of ether oxygens (including phenoxy) is 1. The monoisotopic (exact) mass is 491 g/mol. The van der Waals surface area contributed by atoms with Crippen LogP contribution >= 0.6 is 46.3 Å². The van der Waals surface area contributed by atoms with E-state index in [0.717, 1.165) is 21.1 Å². The van der Waals surface area contributed by atoms with E-state index in [1.807, 2.05) is 28.1 Å². The highest BCUT2D eigenvalue weighted by Crippen LogP contribution is 2.33. The molecule has 0 bridgehead atoms. The van der Waals surface area contributed by atoms with Gasteiger partial charge in [-0.3, -0.25) is 4.40 Å². The van der Waals surface area contributed by atoms with E-state index in [-0.39, 0.29) is 6.61 Å². The number of carbonyl (C=O) groups excluding carboxylic acids is 1. The second-order valence-corrected chi connectivity index (χ2v) is 8.94. The molecule has 0 radical (unpaired) electrons. The van der Waals surface area contributed by atoms with Gasteiger partial charge in [-0.15, -0.1) is 11.3 Å². The number of fused-ring (bicyclic) bond motifs is 1. The Balaban J connectivity index is 1.57. The third kappa shape index (κ3) is 4.88. The van der Waals surface area contributed by atoms with E-state index < -0.39 is 5.97 Å². The Morgan fingerprint density at radius 2 is 2.13 bits per heavy atom. The van der Waals surface area contributed by atoms with Gasteiger partial charge < -0.3 is 9.57 Å². The van der Waals surface area contributed by atoms with Gasteiger partial charge in [-0.05, 0) is 24.3 Å². The second kappa shape index (κ2) is 9.74. The summed E-state index contributed by atoms with van der Waals surface area (Å²) in [5.74, 6) is -0.400. The predicted octanol–water partition coefficient (Wildman–Crippen LogP) is 6.19. The summed E-state index contributed by atoms with van der Waals surface area (Å²) in [5.41, 5.74) is 1.99. The molecule has 31 heavy (non-hydrogen) atoms. The summed E-state index contributed by atoms with van der Waals surface area (Å²) in [6, 6.07) is 12.4. The van der Waals surface area contributed by atoms with Crippen molar-refractivity contribution in [1.82, 2.24) is 9.38 Å². The van der Waals surface area contributed by atoms with E-state index in [9.17, 15) is 4.79 Å². The van der Waals surface area contributed by atoms with Crippen LogP contribution in [0, 0.1) is 0 Å². The molecule has 0 amide bonds. The predicted molar refractivity (Wildman–Crippen MR) is 124 cm³/mol. The summed E-state index contributed by atoms with van der Waals surface area (Å²) < 4.78 is 6.80. The number of thiazole rings is 1. The fraction of sp³-hybridized carbons (Fsp3) is 0.0952. The van der Waals surface area contributed by atoms with Gasteiger partial charge in [-0.2, -0.15) is 0 Å². The van der Waals surface area contributed by atoms with E-state index in [1.165, 1.54) is 30.2 Å². The van der Waals surface area contributed by atoms with Gasteiger partial charge in [0.2, 0.25) is 0 Å². The number of methoxy groups -OCH3 is 1. The highest BCUT2D eigenvalue weighted by Gasteiger charge is 2.17. The Morgan fingerprint density at radius 3 is 2.94 bits per heavy atom. The first kappa shape index (κ1) is 21.7. The van der Waals surface area contributed by atoms with Gasteiger partial charge >= 0.3 is 5.97 Å². The number of rotatable bonds is 7. The van der Waals surface area contributed by atoms with Gasteiger partial charge in [0.05, 0.1) is 18.9 Å². The van der Waals surface area contributed by atoms with E-state index in [2.05, 4.69) is 10.1 Å². The summed E-state index contributed by atoms with van der Waals surface area (Å²) in [4.78, 5) is 23.8. The highest BCUT2D eigenvalue weighted by molar-refractivity contribution is 7.99. The molecule has 0 spiro atoms. The molecule has 4 aromatic rings. The first-order chi connectivity index (χ1) is 15.1. The fourth-order valence-electron chi connectivity index (χ4n) is 2.75. The van der Waals surface area contributed by atoms with Gasteiger partial charge in [0, 0.05) is 32.1 Å². The average molecular weight is 492 g/mol. The number of carbonyl (C=O) groups is 1. The number of aromatic nitrogens is 2. The molecule has 2 aromatic heterocycles. The van der Waals surface area contributed by atoms with Gasteiger partial charge in [0.25, 0.3) is 0 Å². The van der Waals surface area contributed by atoms with Gasteiger partial charge in [0.1, 0.15) is 17.3 Å². The van der Waals surface area contributed by atoms with Crippen molar-refractivity contribution in [3.8, 4) is 0 Å². The molecule has 0 atom stereocenters. The molecule has 0 fully saturated rings. The van der Waals surface area contributed by atoms with Crippen molar-refractivity contribution in [2.24, 2.45) is 5.16 Å². The quantitative estimate of drug-likeness (QED) is 0.175. The molecule has 0 aliphatic carbocycles. The Hall–Kier alpha value is -2.52. The lowest BCUT2D eigenvalue weighted by Crippen LogP contribution is -2.02. The number of esters is 1. The molecule has 10 heteroatoms.